The summed E-state index contributed by atoms with van der Waals surface area (Å²) in [5, 5.41) is 2.51. The molecular formula is C21H28F2N4O3. The molecular weight excluding hydrogens is 394 g/mol. The SMILES string of the molecule is COc1ccc2ncc(F)c(CCN3CCC(F)(CNC(=O)OC(C)(C)C)C3)c2n1. The predicted octanol–water partition coefficient (Wildman–Crippen LogP) is 3.26. The fourth-order valence-corrected chi connectivity index (χ4v) is 3.50. The molecule has 1 amide bonds. The Balaban J connectivity index is 1.60. The molecule has 9 heteroatoms. The zero-order chi connectivity index (χ0) is 21.9. The van der Waals surface area contributed by atoms with Gasteiger partial charge in [-0.3, -0.25) is 9.88 Å². The maximum absolute atomic E-state index is 15.1. The summed E-state index contributed by atoms with van der Waals surface area (Å²) >= 11 is 0. The van der Waals surface area contributed by atoms with Gasteiger partial charge in [0.05, 0.1) is 30.9 Å². The Labute approximate surface area is 174 Å². The number of alkyl carbamates (subject to hydrolysis) is 1. The Kier molecular flexibility index (Phi) is 6.40. The van der Waals surface area contributed by atoms with Crippen molar-refractivity contribution in [3.8, 4) is 5.88 Å². The summed E-state index contributed by atoms with van der Waals surface area (Å²) in [7, 11) is 1.50. The van der Waals surface area contributed by atoms with Crippen LogP contribution in [0.4, 0.5) is 13.6 Å². The van der Waals surface area contributed by atoms with Crippen molar-refractivity contribution < 1.29 is 23.0 Å². The minimum Gasteiger partial charge on any atom is -0.481 e. The molecule has 1 atom stereocenters. The monoisotopic (exact) mass is 422 g/mol. The van der Waals surface area contributed by atoms with Gasteiger partial charge in [0.1, 0.15) is 17.1 Å². The van der Waals surface area contributed by atoms with Gasteiger partial charge in [-0.05, 0) is 39.7 Å². The smallest absolute Gasteiger partial charge is 0.407 e. The Morgan fingerprint density at radius 2 is 2.13 bits per heavy atom. The highest BCUT2D eigenvalue weighted by atomic mass is 19.1. The van der Waals surface area contributed by atoms with E-state index in [1.165, 1.54) is 13.3 Å². The minimum absolute atomic E-state index is 0.121. The van der Waals surface area contributed by atoms with Crippen molar-refractivity contribution in [1.29, 1.82) is 0 Å². The molecule has 7 nitrogen and oxygen atoms in total. The summed E-state index contributed by atoms with van der Waals surface area (Å²) in [6.45, 7) is 6.28. The lowest BCUT2D eigenvalue weighted by molar-refractivity contribution is 0.0479. The van der Waals surface area contributed by atoms with Crippen molar-refractivity contribution in [1.82, 2.24) is 20.2 Å². The molecule has 0 aromatic carbocycles. The zero-order valence-electron chi connectivity index (χ0n) is 17.8. The zero-order valence-corrected chi connectivity index (χ0v) is 17.8. The number of carbonyl (C=O) groups excluding carboxylic acids is 1. The van der Waals surface area contributed by atoms with E-state index in [1.807, 2.05) is 4.90 Å². The van der Waals surface area contributed by atoms with E-state index in [9.17, 15) is 9.18 Å². The molecule has 3 rings (SSSR count). The summed E-state index contributed by atoms with van der Waals surface area (Å²) in [6.07, 6.45) is 1.19. The van der Waals surface area contributed by atoms with Crippen molar-refractivity contribution in [2.45, 2.75) is 44.9 Å². The maximum atomic E-state index is 15.1. The third kappa shape index (κ3) is 5.53. The quantitative estimate of drug-likeness (QED) is 0.770. The number of methoxy groups -OCH3 is 1. The van der Waals surface area contributed by atoms with Gasteiger partial charge in [0.25, 0.3) is 0 Å². The molecule has 0 aliphatic carbocycles. The number of halogens is 2. The Morgan fingerprint density at radius 3 is 2.83 bits per heavy atom. The molecule has 1 saturated heterocycles. The number of aromatic nitrogens is 2. The molecule has 1 unspecified atom stereocenters. The Hall–Kier alpha value is -2.55. The van der Waals surface area contributed by atoms with E-state index in [-0.39, 0.29) is 19.5 Å². The summed E-state index contributed by atoms with van der Waals surface area (Å²) in [6, 6.07) is 3.40. The van der Waals surface area contributed by atoms with E-state index >= 15 is 4.39 Å². The molecule has 1 aliphatic heterocycles. The fraction of sp³-hybridized carbons (Fsp3) is 0.571. The van der Waals surface area contributed by atoms with Crippen molar-refractivity contribution in [2.24, 2.45) is 0 Å². The first-order chi connectivity index (χ1) is 14.1. The first kappa shape index (κ1) is 22.1. The number of hydrogen-bond acceptors (Lipinski definition) is 6. The van der Waals surface area contributed by atoms with E-state index in [1.54, 1.807) is 32.9 Å². The first-order valence-electron chi connectivity index (χ1n) is 9.95. The van der Waals surface area contributed by atoms with Crippen LogP contribution >= 0.6 is 0 Å². The van der Waals surface area contributed by atoms with Crippen molar-refractivity contribution in [3.63, 3.8) is 0 Å². The van der Waals surface area contributed by atoms with Crippen LogP contribution in [0.1, 0.15) is 32.8 Å². The number of nitrogens with zero attached hydrogens (tertiary/aromatic N) is 3. The third-order valence-electron chi connectivity index (χ3n) is 4.96. The van der Waals surface area contributed by atoms with Crippen LogP contribution in [0.2, 0.25) is 0 Å². The second-order valence-corrected chi connectivity index (χ2v) is 8.59. The van der Waals surface area contributed by atoms with Crippen molar-refractivity contribution in [2.75, 3.05) is 33.3 Å². The van der Waals surface area contributed by atoms with Crippen LogP contribution in [-0.2, 0) is 11.2 Å². The highest BCUT2D eigenvalue weighted by Gasteiger charge is 2.38. The lowest BCUT2D eigenvalue weighted by atomic mass is 10.1. The molecule has 0 bridgehead atoms. The van der Waals surface area contributed by atoms with Crippen LogP contribution in [0, 0.1) is 5.82 Å². The lowest BCUT2D eigenvalue weighted by Crippen LogP contribution is -2.43. The number of pyridine rings is 2. The average molecular weight is 422 g/mol. The van der Waals surface area contributed by atoms with Crippen LogP contribution < -0.4 is 10.1 Å². The highest BCUT2D eigenvalue weighted by Crippen LogP contribution is 2.27. The van der Waals surface area contributed by atoms with Gasteiger partial charge < -0.3 is 14.8 Å². The standard InChI is InChI=1S/C21H28F2N4O3/c1-20(2,3)30-19(28)25-12-21(23)8-10-27(13-21)9-7-14-15(22)11-24-16-5-6-17(29-4)26-18(14)16/h5-6,11H,7-10,12-13H2,1-4H3,(H,25,28). The number of ether oxygens (including phenoxy) is 2. The van der Waals surface area contributed by atoms with Gasteiger partial charge in [0.2, 0.25) is 5.88 Å². The molecule has 2 aromatic heterocycles. The molecule has 30 heavy (non-hydrogen) atoms. The van der Waals surface area contributed by atoms with Crippen LogP contribution in [0.15, 0.2) is 18.3 Å². The van der Waals surface area contributed by atoms with Gasteiger partial charge in [0.15, 0.2) is 0 Å². The fourth-order valence-electron chi connectivity index (χ4n) is 3.50. The van der Waals surface area contributed by atoms with Gasteiger partial charge in [-0.2, -0.15) is 0 Å². The van der Waals surface area contributed by atoms with Gasteiger partial charge >= 0.3 is 6.09 Å². The minimum atomic E-state index is -1.54. The van der Waals surface area contributed by atoms with E-state index in [0.717, 1.165) is 0 Å². The number of likely N-dealkylation sites (tertiary alicyclic amines) is 1. The van der Waals surface area contributed by atoms with Gasteiger partial charge in [-0.15, -0.1) is 0 Å². The van der Waals surface area contributed by atoms with Gasteiger partial charge in [-0.25, -0.2) is 18.6 Å². The number of rotatable bonds is 6. The number of fused-ring (bicyclic) bond motifs is 1. The summed E-state index contributed by atoms with van der Waals surface area (Å²) in [5.41, 5.74) is -0.718. The van der Waals surface area contributed by atoms with E-state index in [2.05, 4.69) is 15.3 Å². The number of nitrogens with one attached hydrogen (secondary N) is 1. The Morgan fingerprint density at radius 1 is 1.37 bits per heavy atom. The number of hydrogen-bond donors (Lipinski definition) is 1. The largest absolute Gasteiger partial charge is 0.481 e. The molecule has 2 aromatic rings. The second-order valence-electron chi connectivity index (χ2n) is 8.59. The molecule has 0 saturated carbocycles. The second kappa shape index (κ2) is 8.67. The van der Waals surface area contributed by atoms with E-state index < -0.39 is 23.2 Å². The Bertz CT molecular complexity index is 919. The molecule has 1 N–H and O–H groups in total. The van der Waals surface area contributed by atoms with Crippen LogP contribution in [0.5, 0.6) is 5.88 Å². The number of carbonyl (C=O) groups is 1. The van der Waals surface area contributed by atoms with Crippen LogP contribution in [0.3, 0.4) is 0 Å². The molecule has 1 aliphatic rings. The average Bonchev–Trinajstić information content (AvgIpc) is 3.05. The summed E-state index contributed by atoms with van der Waals surface area (Å²) in [5.74, 6) is -0.0612. The lowest BCUT2D eigenvalue weighted by Gasteiger charge is -2.24. The normalized spacial score (nSPS) is 19.8. The molecule has 0 spiro atoms. The van der Waals surface area contributed by atoms with Crippen LogP contribution in [-0.4, -0.2) is 65.5 Å². The molecule has 164 valence electrons. The number of alkyl halides is 1. The number of amides is 1. The van der Waals surface area contributed by atoms with Crippen LogP contribution in [0.25, 0.3) is 11.0 Å². The summed E-state index contributed by atoms with van der Waals surface area (Å²) in [4.78, 5) is 22.1. The first-order valence-corrected chi connectivity index (χ1v) is 9.95. The van der Waals surface area contributed by atoms with E-state index in [4.69, 9.17) is 9.47 Å². The highest BCUT2D eigenvalue weighted by molar-refractivity contribution is 5.78. The topological polar surface area (TPSA) is 76.6 Å². The van der Waals surface area contributed by atoms with Gasteiger partial charge in [-0.1, -0.05) is 0 Å². The van der Waals surface area contributed by atoms with E-state index in [0.29, 0.717) is 42.0 Å². The van der Waals surface area contributed by atoms with Crippen molar-refractivity contribution in [3.05, 3.63) is 29.7 Å². The molecule has 0 radical (unpaired) electrons. The summed E-state index contributed by atoms with van der Waals surface area (Å²) < 4.78 is 39.8. The molecule has 3 heterocycles. The predicted molar refractivity (Wildman–Crippen MR) is 109 cm³/mol. The third-order valence-corrected chi connectivity index (χ3v) is 4.96. The maximum Gasteiger partial charge on any atom is 0.407 e. The van der Waals surface area contributed by atoms with Gasteiger partial charge in [0, 0.05) is 31.3 Å². The molecule has 1 fully saturated rings. The van der Waals surface area contributed by atoms with Crippen molar-refractivity contribution >= 4 is 17.1 Å².